The van der Waals surface area contributed by atoms with Crippen molar-refractivity contribution in [3.05, 3.63) is 59.7 Å². The number of amides is 5. The van der Waals surface area contributed by atoms with Crippen molar-refractivity contribution >= 4 is 36.1 Å². The van der Waals surface area contributed by atoms with E-state index in [1.165, 1.54) is 0 Å². The zero-order valence-electron chi connectivity index (χ0n) is 35.1. The zero-order chi connectivity index (χ0) is 42.7. The van der Waals surface area contributed by atoms with Crippen molar-refractivity contribution in [2.75, 3.05) is 32.8 Å². The second-order valence-electron chi connectivity index (χ2n) is 16.2. The Kier molecular flexibility index (Phi) is 18.8. The molecule has 0 aliphatic heterocycles. The highest BCUT2D eigenvalue weighted by atomic mass is 16.6. The van der Waals surface area contributed by atoms with Gasteiger partial charge in [0.1, 0.15) is 36.4 Å². The molecule has 5 amide bonds. The molecule has 1 aliphatic rings. The molecule has 2 unspecified atom stereocenters. The van der Waals surface area contributed by atoms with Crippen LogP contribution < -0.4 is 26.6 Å². The van der Waals surface area contributed by atoms with Crippen LogP contribution in [0.2, 0.25) is 0 Å². The van der Waals surface area contributed by atoms with Gasteiger partial charge in [-0.3, -0.25) is 14.4 Å². The highest BCUT2D eigenvalue weighted by Crippen LogP contribution is 2.44. The van der Waals surface area contributed by atoms with Crippen LogP contribution in [0, 0.1) is 0 Å². The maximum atomic E-state index is 13.7. The van der Waals surface area contributed by atoms with E-state index in [4.69, 9.17) is 18.9 Å². The average molecular weight is 810 g/mol. The van der Waals surface area contributed by atoms with Crippen LogP contribution in [-0.2, 0) is 33.3 Å². The van der Waals surface area contributed by atoms with Gasteiger partial charge in [-0.15, -0.1) is 0 Å². The minimum atomic E-state index is -1.08. The number of carbonyl (C=O) groups excluding carboxylic acids is 6. The Hall–Kier alpha value is -5.34. The number of rotatable bonds is 21. The van der Waals surface area contributed by atoms with Crippen molar-refractivity contribution in [1.82, 2.24) is 26.6 Å². The van der Waals surface area contributed by atoms with Gasteiger partial charge in [-0.25, -0.2) is 14.4 Å². The number of hydrogen-bond acceptors (Lipinski definition) is 10. The van der Waals surface area contributed by atoms with E-state index in [2.05, 4.69) is 38.7 Å². The summed E-state index contributed by atoms with van der Waals surface area (Å²) in [7, 11) is 0. The van der Waals surface area contributed by atoms with Gasteiger partial charge in [-0.2, -0.15) is 0 Å². The predicted octanol–water partition coefficient (Wildman–Crippen LogP) is 6.23. The molecule has 0 saturated heterocycles. The number of carbonyl (C=O) groups is 6. The number of benzene rings is 2. The van der Waals surface area contributed by atoms with Gasteiger partial charge in [0.2, 0.25) is 11.8 Å². The topological polar surface area (TPSA) is 199 Å². The standard InChI is InChI=1S/C43H63N5O10/c1-8-9-26-55-36(49)27-46-37(50)34(47-38(51)35(48-41(54)58-43(5,6)7)23-15-17-25-45-40(53)57-42(2,3)4)22-14-16-24-44-39(52)56-28-33-31-20-12-10-18-29(31)30-19-11-13-21-32(30)33/h10-13,18-21,33-35H,8-9,14-17,22-28H2,1-7H3,(H,44,52)(H,45,53)(H,46,50)(H,47,51)(H,48,54). The van der Waals surface area contributed by atoms with Gasteiger partial charge in [0.15, 0.2) is 0 Å². The Bertz CT molecular complexity index is 1640. The van der Waals surface area contributed by atoms with Crippen molar-refractivity contribution in [3.8, 4) is 11.1 Å². The summed E-state index contributed by atoms with van der Waals surface area (Å²) >= 11 is 0. The van der Waals surface area contributed by atoms with Crippen LogP contribution in [0.5, 0.6) is 0 Å². The average Bonchev–Trinajstić information content (AvgIpc) is 3.46. The maximum absolute atomic E-state index is 13.7. The van der Waals surface area contributed by atoms with Crippen LogP contribution in [0.25, 0.3) is 11.1 Å². The van der Waals surface area contributed by atoms with Gasteiger partial charge in [0.25, 0.3) is 0 Å². The third-order valence-electron chi connectivity index (χ3n) is 8.93. The maximum Gasteiger partial charge on any atom is 0.408 e. The molecule has 0 heterocycles. The third kappa shape index (κ3) is 17.0. The zero-order valence-corrected chi connectivity index (χ0v) is 35.1. The summed E-state index contributed by atoms with van der Waals surface area (Å²) in [6.07, 6.45) is 1.66. The number of esters is 1. The first-order chi connectivity index (χ1) is 27.5. The second-order valence-corrected chi connectivity index (χ2v) is 16.2. The van der Waals surface area contributed by atoms with Crippen LogP contribution in [0.1, 0.15) is 117 Å². The quantitative estimate of drug-likeness (QED) is 0.0548. The van der Waals surface area contributed by atoms with Gasteiger partial charge in [-0.1, -0.05) is 61.9 Å². The lowest BCUT2D eigenvalue weighted by Crippen LogP contribution is -2.54. The van der Waals surface area contributed by atoms with Crippen LogP contribution in [0.3, 0.4) is 0 Å². The molecular formula is C43H63N5O10. The number of unbranched alkanes of at least 4 members (excludes halogenated alkanes) is 3. The minimum absolute atomic E-state index is 0.0764. The lowest BCUT2D eigenvalue weighted by molar-refractivity contribution is -0.144. The van der Waals surface area contributed by atoms with E-state index < -0.39 is 59.3 Å². The van der Waals surface area contributed by atoms with E-state index in [-0.39, 0.29) is 51.6 Å². The number of ether oxygens (including phenoxy) is 4. The van der Waals surface area contributed by atoms with Crippen molar-refractivity contribution < 1.29 is 47.7 Å². The molecule has 0 fully saturated rings. The van der Waals surface area contributed by atoms with Crippen LogP contribution >= 0.6 is 0 Å². The lowest BCUT2D eigenvalue weighted by atomic mass is 9.98. The summed E-state index contributed by atoms with van der Waals surface area (Å²) in [5.41, 5.74) is 3.00. The number of nitrogens with one attached hydrogen (secondary N) is 5. The van der Waals surface area contributed by atoms with Gasteiger partial charge < -0.3 is 45.5 Å². The smallest absolute Gasteiger partial charge is 0.408 e. The summed E-state index contributed by atoms with van der Waals surface area (Å²) < 4.78 is 21.4. The van der Waals surface area contributed by atoms with E-state index in [9.17, 15) is 28.8 Å². The van der Waals surface area contributed by atoms with Crippen molar-refractivity contribution in [2.45, 2.75) is 129 Å². The Morgan fingerprint density at radius 1 is 0.603 bits per heavy atom. The van der Waals surface area contributed by atoms with Crippen LogP contribution in [-0.4, -0.2) is 92.2 Å². The SMILES string of the molecule is CCCCOC(=O)CNC(=O)C(CCCCNC(=O)OCC1c2ccccc2-c2ccccc21)NC(=O)C(CCCCNC(=O)OC(C)(C)C)NC(=O)OC(C)(C)C. The first kappa shape index (κ1) is 47.0. The summed E-state index contributed by atoms with van der Waals surface area (Å²) in [6.45, 7) is 12.9. The number of fused-ring (bicyclic) bond motifs is 3. The Morgan fingerprint density at radius 2 is 1.12 bits per heavy atom. The molecular weight excluding hydrogens is 746 g/mol. The first-order valence-electron chi connectivity index (χ1n) is 20.3. The molecule has 0 radical (unpaired) electrons. The first-order valence-corrected chi connectivity index (χ1v) is 20.3. The van der Waals surface area contributed by atoms with Crippen molar-refractivity contribution in [3.63, 3.8) is 0 Å². The highest BCUT2D eigenvalue weighted by molar-refractivity contribution is 5.92. The summed E-state index contributed by atoms with van der Waals surface area (Å²) in [5.74, 6) is -1.92. The van der Waals surface area contributed by atoms with E-state index in [0.29, 0.717) is 32.1 Å². The molecule has 3 rings (SSSR count). The number of alkyl carbamates (subject to hydrolysis) is 3. The Balaban J connectivity index is 1.58. The van der Waals surface area contributed by atoms with E-state index in [1.807, 2.05) is 43.3 Å². The molecule has 5 N–H and O–H groups in total. The summed E-state index contributed by atoms with van der Waals surface area (Å²) in [5, 5.41) is 13.3. The molecule has 320 valence electrons. The minimum Gasteiger partial charge on any atom is -0.464 e. The summed E-state index contributed by atoms with van der Waals surface area (Å²) in [4.78, 5) is 76.8. The van der Waals surface area contributed by atoms with Gasteiger partial charge >= 0.3 is 24.2 Å². The van der Waals surface area contributed by atoms with Crippen molar-refractivity contribution in [1.29, 1.82) is 0 Å². The second kappa shape index (κ2) is 23.2. The monoisotopic (exact) mass is 809 g/mol. The number of hydrogen-bond donors (Lipinski definition) is 5. The van der Waals surface area contributed by atoms with Crippen LogP contribution in [0.4, 0.5) is 14.4 Å². The fourth-order valence-electron chi connectivity index (χ4n) is 6.22. The Labute approximate surface area is 342 Å². The van der Waals surface area contributed by atoms with Gasteiger partial charge in [0.05, 0.1) is 6.61 Å². The molecule has 0 aromatic heterocycles. The molecule has 1 aliphatic carbocycles. The normalized spacial score (nSPS) is 13.2. The molecule has 0 bridgehead atoms. The van der Waals surface area contributed by atoms with E-state index >= 15 is 0 Å². The molecule has 15 heteroatoms. The largest absolute Gasteiger partial charge is 0.464 e. The Morgan fingerprint density at radius 3 is 1.67 bits per heavy atom. The molecule has 0 saturated carbocycles. The predicted molar refractivity (Wildman–Crippen MR) is 219 cm³/mol. The fourth-order valence-corrected chi connectivity index (χ4v) is 6.22. The molecule has 58 heavy (non-hydrogen) atoms. The highest BCUT2D eigenvalue weighted by Gasteiger charge is 2.30. The molecule has 2 aromatic rings. The fraction of sp³-hybridized carbons (Fsp3) is 0.581. The third-order valence-corrected chi connectivity index (χ3v) is 8.93. The molecule has 2 atom stereocenters. The van der Waals surface area contributed by atoms with Gasteiger partial charge in [0, 0.05) is 19.0 Å². The lowest BCUT2D eigenvalue weighted by Gasteiger charge is -2.25. The molecule has 15 nitrogen and oxygen atoms in total. The van der Waals surface area contributed by atoms with E-state index in [1.54, 1.807) is 41.5 Å². The summed E-state index contributed by atoms with van der Waals surface area (Å²) in [6, 6.07) is 14.0. The molecule has 0 spiro atoms. The van der Waals surface area contributed by atoms with Gasteiger partial charge in [-0.05, 0) is 109 Å². The van der Waals surface area contributed by atoms with Crippen molar-refractivity contribution in [2.24, 2.45) is 0 Å². The van der Waals surface area contributed by atoms with E-state index in [0.717, 1.165) is 28.7 Å². The molecule has 2 aromatic carbocycles. The van der Waals surface area contributed by atoms with Crippen LogP contribution in [0.15, 0.2) is 48.5 Å².